The maximum atomic E-state index is 12.3. The molecule has 1 heterocycles. The number of nitrogens with zero attached hydrogens (tertiary/aromatic N) is 1. The summed E-state index contributed by atoms with van der Waals surface area (Å²) >= 11 is -1.22. The molecule has 3 nitrogen and oxygen atoms in total. The summed E-state index contributed by atoms with van der Waals surface area (Å²) in [6, 6.07) is 1.61. The third-order valence-corrected chi connectivity index (χ3v) is 4.87. The molecule has 1 unspecified atom stereocenters. The molecule has 126 valence electrons. The second-order valence-corrected chi connectivity index (χ2v) is 8.37. The van der Waals surface area contributed by atoms with Gasteiger partial charge in [-0.1, -0.05) is 6.07 Å². The lowest BCUT2D eigenvalue weighted by molar-refractivity contribution is -0.134. The molecule has 0 aliphatic rings. The number of rotatable bonds is 5. The maximum absolute atomic E-state index is 12.3. The predicted octanol–water partition coefficient (Wildman–Crippen LogP) is 4.00. The van der Waals surface area contributed by atoms with Crippen molar-refractivity contribution in [3.8, 4) is 0 Å². The van der Waals surface area contributed by atoms with Crippen molar-refractivity contribution in [2.24, 2.45) is 0 Å². The van der Waals surface area contributed by atoms with Crippen molar-refractivity contribution < 1.29 is 17.7 Å². The van der Waals surface area contributed by atoms with Gasteiger partial charge in [-0.05, 0) is 52.2 Å². The zero-order valence-corrected chi connectivity index (χ0v) is 14.4. The average molecular weight is 336 g/mol. The smallest absolute Gasteiger partial charge is 0.389 e. The van der Waals surface area contributed by atoms with Crippen molar-refractivity contribution >= 4 is 11.4 Å². The highest BCUT2D eigenvalue weighted by Crippen LogP contribution is 2.24. The third-order valence-electron chi connectivity index (χ3n) is 3.19. The van der Waals surface area contributed by atoms with E-state index in [4.69, 9.17) is 0 Å². The van der Waals surface area contributed by atoms with Gasteiger partial charge in [-0.15, -0.1) is 4.72 Å². The van der Waals surface area contributed by atoms with Crippen LogP contribution >= 0.6 is 0 Å². The van der Waals surface area contributed by atoms with E-state index in [-0.39, 0.29) is 17.2 Å². The molecule has 0 amide bonds. The van der Waals surface area contributed by atoms with Gasteiger partial charge < -0.3 is 4.55 Å². The summed E-state index contributed by atoms with van der Waals surface area (Å²) in [5.74, 6) is 0. The second-order valence-electron chi connectivity index (χ2n) is 6.37. The van der Waals surface area contributed by atoms with Crippen LogP contribution in [-0.2, 0) is 17.8 Å². The fourth-order valence-corrected chi connectivity index (χ4v) is 2.60. The average Bonchev–Trinajstić information content (AvgIpc) is 2.34. The Bertz CT molecular complexity index is 501. The quantitative estimate of drug-likeness (QED) is 0.827. The van der Waals surface area contributed by atoms with Gasteiger partial charge in [0, 0.05) is 29.7 Å². The van der Waals surface area contributed by atoms with Crippen LogP contribution < -0.4 is 4.72 Å². The lowest BCUT2D eigenvalue weighted by atomic mass is 10.1. The third kappa shape index (κ3) is 6.14. The summed E-state index contributed by atoms with van der Waals surface area (Å²) in [5.41, 5.74) is 1.98. The monoisotopic (exact) mass is 336 g/mol. The van der Waals surface area contributed by atoms with Crippen LogP contribution in [0.15, 0.2) is 12.3 Å². The topological polar surface area (TPSA) is 48.0 Å². The minimum Gasteiger partial charge on any atom is -0.598 e. The van der Waals surface area contributed by atoms with Gasteiger partial charge in [-0.2, -0.15) is 13.2 Å². The van der Waals surface area contributed by atoms with E-state index in [9.17, 15) is 17.7 Å². The van der Waals surface area contributed by atoms with E-state index < -0.39 is 24.0 Å². The molecular weight excluding hydrogens is 313 g/mol. The number of halogens is 3. The number of hydrogen-bond acceptors (Lipinski definition) is 3. The molecule has 2 atom stereocenters. The van der Waals surface area contributed by atoms with Gasteiger partial charge in [0.15, 0.2) is 0 Å². The summed E-state index contributed by atoms with van der Waals surface area (Å²) in [5, 5.41) is 0. The lowest BCUT2D eigenvalue weighted by Crippen LogP contribution is -2.40. The standard InChI is InChI=1S/C15H23F3N2OS/c1-10-8-12(11(2)20-22(21)14(3,4)5)9-19-13(10)6-7-15(16,17)18/h8-9,11,20H,6-7H2,1-5H3/t11-,22?/m1/s1. The predicted molar refractivity (Wildman–Crippen MR) is 82.8 cm³/mol. The highest BCUT2D eigenvalue weighted by molar-refractivity contribution is 7.90. The van der Waals surface area contributed by atoms with E-state index in [1.807, 2.05) is 27.7 Å². The molecule has 0 radical (unpaired) electrons. The molecule has 1 aromatic heterocycles. The van der Waals surface area contributed by atoms with E-state index >= 15 is 0 Å². The van der Waals surface area contributed by atoms with Crippen LogP contribution in [0.5, 0.6) is 0 Å². The van der Waals surface area contributed by atoms with Crippen molar-refractivity contribution in [2.45, 2.75) is 64.4 Å². The largest absolute Gasteiger partial charge is 0.598 e. The Balaban J connectivity index is 2.76. The molecule has 0 bridgehead atoms. The first-order chi connectivity index (χ1) is 9.90. The maximum Gasteiger partial charge on any atom is 0.389 e. The molecule has 0 fully saturated rings. The first kappa shape index (κ1) is 19.3. The van der Waals surface area contributed by atoms with E-state index in [1.165, 1.54) is 0 Å². The van der Waals surface area contributed by atoms with E-state index in [0.717, 1.165) is 11.1 Å². The molecule has 22 heavy (non-hydrogen) atoms. The second kappa shape index (κ2) is 7.19. The van der Waals surface area contributed by atoms with Crippen LogP contribution in [0.1, 0.15) is 57.0 Å². The van der Waals surface area contributed by atoms with E-state index in [1.54, 1.807) is 19.2 Å². The van der Waals surface area contributed by atoms with Crippen LogP contribution in [0.2, 0.25) is 0 Å². The number of hydrogen-bond donors (Lipinski definition) is 1. The summed E-state index contributed by atoms with van der Waals surface area (Å²) in [7, 11) is 0. The number of aromatic nitrogens is 1. The van der Waals surface area contributed by atoms with Gasteiger partial charge in [0.25, 0.3) is 0 Å². The van der Waals surface area contributed by atoms with Gasteiger partial charge in [-0.25, -0.2) is 0 Å². The summed E-state index contributed by atoms with van der Waals surface area (Å²) in [6.07, 6.45) is -3.62. The van der Waals surface area contributed by atoms with Crippen LogP contribution in [0.4, 0.5) is 13.2 Å². The molecule has 1 rings (SSSR count). The Morgan fingerprint density at radius 2 is 1.91 bits per heavy atom. The Kier molecular flexibility index (Phi) is 6.29. The molecule has 1 aromatic rings. The minimum absolute atomic E-state index is 0.120. The van der Waals surface area contributed by atoms with Crippen molar-refractivity contribution in [1.29, 1.82) is 0 Å². The molecule has 0 saturated heterocycles. The van der Waals surface area contributed by atoms with E-state index in [0.29, 0.717) is 5.69 Å². The van der Waals surface area contributed by atoms with Crippen LogP contribution in [-0.4, -0.2) is 20.5 Å². The number of pyridine rings is 1. The number of aryl methyl sites for hydroxylation is 2. The molecule has 0 spiro atoms. The first-order valence-electron chi connectivity index (χ1n) is 7.10. The highest BCUT2D eigenvalue weighted by Gasteiger charge is 2.29. The normalized spacial score (nSPS) is 15.7. The number of alkyl halides is 3. The van der Waals surface area contributed by atoms with Crippen LogP contribution in [0, 0.1) is 6.92 Å². The molecular formula is C15H23F3N2OS. The fourth-order valence-electron chi connectivity index (χ4n) is 1.79. The van der Waals surface area contributed by atoms with E-state index in [2.05, 4.69) is 9.71 Å². The van der Waals surface area contributed by atoms with Crippen molar-refractivity contribution in [2.75, 3.05) is 0 Å². The lowest BCUT2D eigenvalue weighted by Gasteiger charge is -2.26. The Hall–Kier alpha value is -0.790. The van der Waals surface area contributed by atoms with Crippen LogP contribution in [0.25, 0.3) is 0 Å². The summed E-state index contributed by atoms with van der Waals surface area (Å²) in [4.78, 5) is 4.13. The fraction of sp³-hybridized carbons (Fsp3) is 0.667. The minimum atomic E-state index is -4.18. The van der Waals surface area contributed by atoms with Gasteiger partial charge >= 0.3 is 6.18 Å². The zero-order chi connectivity index (χ0) is 17.1. The molecule has 1 N–H and O–H groups in total. The number of nitrogens with one attached hydrogen (secondary N) is 1. The summed E-state index contributed by atoms with van der Waals surface area (Å²) in [6.45, 7) is 9.21. The molecule has 0 aromatic carbocycles. The Morgan fingerprint density at radius 1 is 1.32 bits per heavy atom. The first-order valence-corrected chi connectivity index (χ1v) is 8.25. The molecule has 7 heteroatoms. The molecule has 0 aliphatic heterocycles. The summed E-state index contributed by atoms with van der Waals surface area (Å²) < 4.78 is 51.5. The molecule has 0 saturated carbocycles. The van der Waals surface area contributed by atoms with Gasteiger partial charge in [-0.3, -0.25) is 4.98 Å². The Labute approximate surface area is 133 Å². The van der Waals surface area contributed by atoms with Crippen molar-refractivity contribution in [1.82, 2.24) is 9.71 Å². The van der Waals surface area contributed by atoms with Crippen LogP contribution in [0.3, 0.4) is 0 Å². The SMILES string of the molecule is Cc1cc([C@@H](C)N[S+]([O-])C(C)(C)C)cnc1CCC(F)(F)F. The van der Waals surface area contributed by atoms with Gasteiger partial charge in [0.2, 0.25) is 0 Å². The van der Waals surface area contributed by atoms with Gasteiger partial charge in [0.05, 0.1) is 6.04 Å². The zero-order valence-electron chi connectivity index (χ0n) is 13.5. The molecule has 0 aliphatic carbocycles. The van der Waals surface area contributed by atoms with Crippen molar-refractivity contribution in [3.63, 3.8) is 0 Å². The van der Waals surface area contributed by atoms with Gasteiger partial charge in [0.1, 0.15) is 4.75 Å². The highest BCUT2D eigenvalue weighted by atomic mass is 32.2. The van der Waals surface area contributed by atoms with Crippen molar-refractivity contribution in [3.05, 3.63) is 29.1 Å². The Morgan fingerprint density at radius 3 is 2.36 bits per heavy atom.